The highest BCUT2D eigenvalue weighted by Gasteiger charge is 2.16. The molecule has 3 heteroatoms. The molecule has 0 aliphatic carbocycles. The predicted octanol–water partition coefficient (Wildman–Crippen LogP) is 2.62. The van der Waals surface area contributed by atoms with Gasteiger partial charge in [0.05, 0.1) is 0 Å². The zero-order valence-corrected chi connectivity index (χ0v) is 12.7. The summed E-state index contributed by atoms with van der Waals surface area (Å²) >= 11 is 0. The zero-order chi connectivity index (χ0) is 14.4. The fraction of sp³-hybridized carbons (Fsp3) is 0.529. The maximum Gasteiger partial charge on any atom is 0.0444 e. The first-order valence-corrected chi connectivity index (χ1v) is 7.64. The highest BCUT2D eigenvalue weighted by Crippen LogP contribution is 2.28. The van der Waals surface area contributed by atoms with Crippen molar-refractivity contribution in [2.75, 3.05) is 31.6 Å². The number of fused-ring (bicyclic) bond motifs is 1. The van der Waals surface area contributed by atoms with Gasteiger partial charge in [0.25, 0.3) is 0 Å². The van der Waals surface area contributed by atoms with Crippen LogP contribution in [-0.2, 0) is 6.42 Å². The molecule has 3 nitrogen and oxygen atoms in total. The molecule has 20 heavy (non-hydrogen) atoms. The summed E-state index contributed by atoms with van der Waals surface area (Å²) in [6, 6.07) is 7.07. The Morgan fingerprint density at radius 3 is 3.05 bits per heavy atom. The SMILES string of the molecule is C/C=C/CCNC(CN)c1ccc2c(c1)CCCN2C. The number of hydrogen-bond donors (Lipinski definition) is 2. The summed E-state index contributed by atoms with van der Waals surface area (Å²) in [5.41, 5.74) is 10.1. The van der Waals surface area contributed by atoms with Crippen molar-refractivity contribution in [2.45, 2.75) is 32.2 Å². The largest absolute Gasteiger partial charge is 0.374 e. The van der Waals surface area contributed by atoms with Crippen molar-refractivity contribution >= 4 is 5.69 Å². The maximum atomic E-state index is 5.93. The van der Waals surface area contributed by atoms with Crippen molar-refractivity contribution in [1.82, 2.24) is 5.32 Å². The fourth-order valence-electron chi connectivity index (χ4n) is 2.87. The van der Waals surface area contributed by atoms with Crippen LogP contribution in [0, 0.1) is 0 Å². The molecule has 0 fully saturated rings. The Bertz CT molecular complexity index is 454. The van der Waals surface area contributed by atoms with Crippen molar-refractivity contribution in [3.8, 4) is 0 Å². The molecule has 0 saturated heterocycles. The number of hydrogen-bond acceptors (Lipinski definition) is 3. The number of allylic oxidation sites excluding steroid dienone is 1. The fourth-order valence-corrected chi connectivity index (χ4v) is 2.87. The molecule has 3 N–H and O–H groups in total. The van der Waals surface area contributed by atoms with Gasteiger partial charge in [0.1, 0.15) is 0 Å². The number of benzene rings is 1. The van der Waals surface area contributed by atoms with Crippen LogP contribution >= 0.6 is 0 Å². The Morgan fingerprint density at radius 2 is 2.30 bits per heavy atom. The van der Waals surface area contributed by atoms with E-state index in [0.717, 1.165) is 19.5 Å². The van der Waals surface area contributed by atoms with Crippen molar-refractivity contribution in [3.63, 3.8) is 0 Å². The molecule has 0 bridgehead atoms. The van der Waals surface area contributed by atoms with E-state index in [9.17, 15) is 0 Å². The van der Waals surface area contributed by atoms with E-state index in [-0.39, 0.29) is 6.04 Å². The number of anilines is 1. The van der Waals surface area contributed by atoms with E-state index in [1.165, 1.54) is 29.7 Å². The molecule has 0 aromatic heterocycles. The van der Waals surface area contributed by atoms with Crippen LogP contribution in [0.4, 0.5) is 5.69 Å². The van der Waals surface area contributed by atoms with Crippen LogP contribution in [0.15, 0.2) is 30.4 Å². The number of aryl methyl sites for hydroxylation is 1. The molecule has 1 aliphatic rings. The van der Waals surface area contributed by atoms with E-state index in [4.69, 9.17) is 5.73 Å². The van der Waals surface area contributed by atoms with Crippen LogP contribution in [0.3, 0.4) is 0 Å². The Balaban J connectivity index is 2.06. The van der Waals surface area contributed by atoms with Gasteiger partial charge in [-0.2, -0.15) is 0 Å². The average molecular weight is 273 g/mol. The van der Waals surface area contributed by atoms with E-state index in [0.29, 0.717) is 6.54 Å². The molecule has 1 aliphatic heterocycles. The lowest BCUT2D eigenvalue weighted by Gasteiger charge is -2.29. The molecule has 0 spiro atoms. The molecule has 0 saturated carbocycles. The molecular weight excluding hydrogens is 246 g/mol. The van der Waals surface area contributed by atoms with Crippen LogP contribution < -0.4 is 16.0 Å². The predicted molar refractivity (Wildman–Crippen MR) is 87.3 cm³/mol. The summed E-state index contributed by atoms with van der Waals surface area (Å²) in [6.07, 6.45) is 7.76. The lowest BCUT2D eigenvalue weighted by Crippen LogP contribution is -2.30. The lowest BCUT2D eigenvalue weighted by molar-refractivity contribution is 0.547. The summed E-state index contributed by atoms with van der Waals surface area (Å²) in [7, 11) is 2.17. The van der Waals surface area contributed by atoms with Gasteiger partial charge >= 0.3 is 0 Å². The summed E-state index contributed by atoms with van der Waals surface area (Å²) in [6.45, 7) is 4.84. The molecule has 0 amide bonds. The second-order valence-electron chi connectivity index (χ2n) is 5.51. The van der Waals surface area contributed by atoms with Gasteiger partial charge in [-0.3, -0.25) is 0 Å². The van der Waals surface area contributed by atoms with Crippen LogP contribution in [0.1, 0.15) is 36.9 Å². The minimum Gasteiger partial charge on any atom is -0.374 e. The number of nitrogens with zero attached hydrogens (tertiary/aromatic N) is 1. The zero-order valence-electron chi connectivity index (χ0n) is 12.7. The third-order valence-corrected chi connectivity index (χ3v) is 4.03. The van der Waals surface area contributed by atoms with Crippen molar-refractivity contribution < 1.29 is 0 Å². The van der Waals surface area contributed by atoms with Gasteiger partial charge in [-0.05, 0) is 49.9 Å². The molecular formula is C17H27N3. The van der Waals surface area contributed by atoms with Crippen LogP contribution in [0.2, 0.25) is 0 Å². The molecule has 1 atom stereocenters. The summed E-state index contributed by atoms with van der Waals surface area (Å²) < 4.78 is 0. The number of nitrogens with one attached hydrogen (secondary N) is 1. The van der Waals surface area contributed by atoms with E-state index >= 15 is 0 Å². The molecule has 2 rings (SSSR count). The molecule has 1 aromatic rings. The van der Waals surface area contributed by atoms with Gasteiger partial charge in [-0.25, -0.2) is 0 Å². The Kier molecular flexibility index (Phi) is 5.62. The topological polar surface area (TPSA) is 41.3 Å². The highest BCUT2D eigenvalue weighted by molar-refractivity contribution is 5.56. The molecule has 1 aromatic carbocycles. The van der Waals surface area contributed by atoms with Gasteiger partial charge in [0, 0.05) is 31.9 Å². The van der Waals surface area contributed by atoms with Crippen molar-refractivity contribution in [1.29, 1.82) is 0 Å². The third kappa shape index (κ3) is 3.62. The third-order valence-electron chi connectivity index (χ3n) is 4.03. The average Bonchev–Trinajstić information content (AvgIpc) is 2.47. The van der Waals surface area contributed by atoms with Crippen molar-refractivity contribution in [3.05, 3.63) is 41.5 Å². The quantitative estimate of drug-likeness (QED) is 0.618. The molecule has 0 radical (unpaired) electrons. The lowest BCUT2D eigenvalue weighted by atomic mass is 9.96. The van der Waals surface area contributed by atoms with Gasteiger partial charge in [0.2, 0.25) is 0 Å². The summed E-state index contributed by atoms with van der Waals surface area (Å²) in [5, 5.41) is 3.55. The first kappa shape index (κ1) is 15.1. The second kappa shape index (κ2) is 7.46. The second-order valence-corrected chi connectivity index (χ2v) is 5.51. The van der Waals surface area contributed by atoms with Crippen molar-refractivity contribution in [2.24, 2.45) is 5.73 Å². The van der Waals surface area contributed by atoms with Gasteiger partial charge in [0.15, 0.2) is 0 Å². The maximum absolute atomic E-state index is 5.93. The smallest absolute Gasteiger partial charge is 0.0444 e. The van der Waals surface area contributed by atoms with E-state index in [1.54, 1.807) is 0 Å². The Labute approximate surface area is 122 Å². The van der Waals surface area contributed by atoms with Crippen LogP contribution in [0.5, 0.6) is 0 Å². The Hall–Kier alpha value is -1.32. The first-order chi connectivity index (χ1) is 9.76. The summed E-state index contributed by atoms with van der Waals surface area (Å²) in [5.74, 6) is 0. The van der Waals surface area contributed by atoms with Crippen LogP contribution in [0.25, 0.3) is 0 Å². The van der Waals surface area contributed by atoms with Crippen LogP contribution in [-0.4, -0.2) is 26.7 Å². The highest BCUT2D eigenvalue weighted by atomic mass is 15.1. The molecule has 1 unspecified atom stereocenters. The minimum atomic E-state index is 0.262. The van der Waals surface area contributed by atoms with Gasteiger partial charge < -0.3 is 16.0 Å². The molecule has 1 heterocycles. The van der Waals surface area contributed by atoms with E-state index in [2.05, 4.69) is 54.5 Å². The molecule has 110 valence electrons. The van der Waals surface area contributed by atoms with Gasteiger partial charge in [-0.1, -0.05) is 24.3 Å². The number of rotatable bonds is 6. The first-order valence-electron chi connectivity index (χ1n) is 7.64. The normalized spacial score (nSPS) is 16.4. The standard InChI is InChI=1S/C17H27N3/c1-3-4-5-10-19-16(13-18)14-8-9-17-15(12-14)7-6-11-20(17)2/h3-4,8-9,12,16,19H,5-7,10-11,13,18H2,1-2H3/b4-3+. The Morgan fingerprint density at radius 1 is 1.45 bits per heavy atom. The monoisotopic (exact) mass is 273 g/mol. The van der Waals surface area contributed by atoms with E-state index < -0.39 is 0 Å². The summed E-state index contributed by atoms with van der Waals surface area (Å²) in [4.78, 5) is 2.35. The van der Waals surface area contributed by atoms with E-state index in [1.807, 2.05) is 0 Å². The number of nitrogens with two attached hydrogens (primary N) is 1. The minimum absolute atomic E-state index is 0.262. The van der Waals surface area contributed by atoms with Gasteiger partial charge in [-0.15, -0.1) is 0 Å².